The molecule has 4 aromatic rings. The van der Waals surface area contributed by atoms with Crippen LogP contribution in [-0.2, 0) is 10.0 Å². The number of benzene rings is 3. The molecule has 4 rings (SSSR count). The van der Waals surface area contributed by atoms with Crippen LogP contribution in [-0.4, -0.2) is 26.2 Å². The zero-order valence-corrected chi connectivity index (χ0v) is 16.9. The average Bonchev–Trinajstić information content (AvgIpc) is 2.68. The summed E-state index contributed by atoms with van der Waals surface area (Å²) in [4.78, 5) is 9.26. The first-order valence-electron chi connectivity index (χ1n) is 9.11. The third-order valence-electron chi connectivity index (χ3n) is 4.41. The van der Waals surface area contributed by atoms with Crippen LogP contribution in [0.2, 0.25) is 0 Å². The summed E-state index contributed by atoms with van der Waals surface area (Å²) in [5.74, 6) is 0.482. The van der Waals surface area contributed by atoms with Crippen LogP contribution < -0.4 is 15.5 Å². The fourth-order valence-electron chi connectivity index (χ4n) is 2.92. The highest BCUT2D eigenvalue weighted by molar-refractivity contribution is 7.92. The number of anilines is 3. The molecule has 144 valence electrons. The van der Waals surface area contributed by atoms with Crippen LogP contribution in [0.5, 0.6) is 0 Å². The van der Waals surface area contributed by atoms with Gasteiger partial charge in [-0.1, -0.05) is 41.9 Å². The van der Waals surface area contributed by atoms with E-state index in [9.17, 15) is 8.42 Å². The van der Waals surface area contributed by atoms with Crippen molar-refractivity contribution in [2.75, 3.05) is 10.0 Å². The average molecular weight is 402 g/mol. The van der Waals surface area contributed by atoms with Crippen LogP contribution in [0.4, 0.5) is 17.3 Å². The molecule has 0 amide bonds. The van der Waals surface area contributed by atoms with Gasteiger partial charge in [0.15, 0.2) is 11.6 Å². The van der Waals surface area contributed by atoms with Crippen LogP contribution in [0, 0.1) is 6.92 Å². The van der Waals surface area contributed by atoms with E-state index in [2.05, 4.69) is 20.0 Å². The largest absolute Gasteiger partial charge is 0.337 e. The first-order chi connectivity index (χ1) is 13.9. The van der Waals surface area contributed by atoms with E-state index in [0.29, 0.717) is 16.9 Å². The second kappa shape index (κ2) is 7.56. The number of hydrogen-bond donors (Lipinski definition) is 2. The molecule has 0 radical (unpaired) electrons. The number of sulfonamides is 1. The first kappa shape index (κ1) is 19.0. The molecule has 1 aromatic heterocycles. The molecule has 3 aromatic carbocycles. The van der Waals surface area contributed by atoms with E-state index in [1.54, 1.807) is 30.3 Å². The molecule has 8 heteroatoms. The van der Waals surface area contributed by atoms with Gasteiger partial charge >= 0.3 is 0 Å². The maximum Gasteiger partial charge on any atom is 0.263 e. The van der Waals surface area contributed by atoms with Crippen molar-refractivity contribution in [2.45, 2.75) is 11.8 Å². The van der Waals surface area contributed by atoms with Gasteiger partial charge in [0, 0.05) is 5.69 Å². The predicted octanol–water partition coefficient (Wildman–Crippen LogP) is 2.74. The Balaban J connectivity index is 1.78. The highest BCUT2D eigenvalue weighted by Crippen LogP contribution is 2.27. The van der Waals surface area contributed by atoms with Gasteiger partial charge in [-0.2, -0.15) is 0 Å². The number of fused-ring (bicyclic) bond motifs is 1. The Morgan fingerprint density at radius 2 is 1.48 bits per heavy atom. The summed E-state index contributed by atoms with van der Waals surface area (Å²) in [6, 6.07) is 21.7. The monoisotopic (exact) mass is 402 g/mol. The zero-order valence-electron chi connectivity index (χ0n) is 16.0. The Morgan fingerprint density at radius 1 is 0.828 bits per heavy atom. The Kier molecular flexibility index (Phi) is 4.94. The van der Waals surface area contributed by atoms with Crippen molar-refractivity contribution in [2.24, 2.45) is 0 Å². The summed E-state index contributed by atoms with van der Waals surface area (Å²) in [6.07, 6.45) is 0. The van der Waals surface area contributed by atoms with Crippen LogP contribution in [0.25, 0.3) is 11.0 Å². The predicted molar refractivity (Wildman–Crippen MR) is 119 cm³/mol. The molecule has 0 aliphatic carbocycles. The van der Waals surface area contributed by atoms with E-state index in [1.807, 2.05) is 57.2 Å². The number of para-hydroxylation sites is 2. The Bertz CT molecular complexity index is 1290. The van der Waals surface area contributed by atoms with Gasteiger partial charge in [0.1, 0.15) is 7.85 Å². The number of rotatable bonds is 5. The van der Waals surface area contributed by atoms with E-state index in [4.69, 9.17) is 0 Å². The van der Waals surface area contributed by atoms with Crippen LogP contribution in [0.3, 0.4) is 0 Å². The topological polar surface area (TPSA) is 84.0 Å². The third-order valence-corrected chi connectivity index (χ3v) is 5.77. The quantitative estimate of drug-likeness (QED) is 0.502. The molecule has 1 heterocycles. The van der Waals surface area contributed by atoms with E-state index in [1.165, 1.54) is 0 Å². The van der Waals surface area contributed by atoms with Gasteiger partial charge in [0.05, 0.1) is 15.9 Å². The van der Waals surface area contributed by atoms with E-state index in [0.717, 1.165) is 16.7 Å². The van der Waals surface area contributed by atoms with Crippen molar-refractivity contribution in [3.63, 3.8) is 0 Å². The Labute approximate surface area is 170 Å². The maximum atomic E-state index is 12.9. The number of hydrogen-bond acceptors (Lipinski definition) is 5. The number of nitrogens with one attached hydrogen (secondary N) is 2. The summed E-state index contributed by atoms with van der Waals surface area (Å²) < 4.78 is 28.4. The number of nitrogens with zero attached hydrogens (tertiary/aromatic N) is 2. The minimum Gasteiger partial charge on any atom is -0.337 e. The van der Waals surface area contributed by atoms with Crippen molar-refractivity contribution in [3.05, 3.63) is 78.4 Å². The molecule has 2 N–H and O–H groups in total. The van der Waals surface area contributed by atoms with E-state index < -0.39 is 10.0 Å². The first-order valence-corrected chi connectivity index (χ1v) is 10.6. The minimum atomic E-state index is -3.81. The second-order valence-electron chi connectivity index (χ2n) is 6.82. The lowest BCUT2D eigenvalue weighted by Crippen LogP contribution is -2.16. The van der Waals surface area contributed by atoms with Gasteiger partial charge in [-0.05, 0) is 48.9 Å². The van der Waals surface area contributed by atoms with Crippen LogP contribution in [0.15, 0.2) is 77.7 Å². The molecular weight excluding hydrogens is 383 g/mol. The Hall–Kier alpha value is -3.39. The van der Waals surface area contributed by atoms with Crippen molar-refractivity contribution in [1.29, 1.82) is 0 Å². The molecule has 0 atom stereocenters. The van der Waals surface area contributed by atoms with Gasteiger partial charge < -0.3 is 5.32 Å². The minimum absolute atomic E-state index is 0.144. The highest BCUT2D eigenvalue weighted by Gasteiger charge is 2.19. The normalized spacial score (nSPS) is 11.3. The van der Waals surface area contributed by atoms with Crippen LogP contribution in [0.1, 0.15) is 5.56 Å². The molecule has 0 unspecified atom stereocenters. The van der Waals surface area contributed by atoms with Crippen molar-refractivity contribution >= 4 is 51.7 Å². The summed E-state index contributed by atoms with van der Waals surface area (Å²) in [7, 11) is -1.91. The third kappa shape index (κ3) is 4.22. The smallest absolute Gasteiger partial charge is 0.263 e. The molecule has 0 saturated heterocycles. The van der Waals surface area contributed by atoms with Gasteiger partial charge in [-0.15, -0.1) is 0 Å². The molecular formula is C21H19BN4O2S. The Morgan fingerprint density at radius 3 is 2.14 bits per heavy atom. The lowest BCUT2D eigenvalue weighted by molar-refractivity contribution is 0.601. The summed E-state index contributed by atoms with van der Waals surface area (Å²) in [5.41, 5.74) is 4.12. The lowest BCUT2D eigenvalue weighted by Gasteiger charge is -2.14. The van der Waals surface area contributed by atoms with Crippen molar-refractivity contribution in [3.8, 4) is 0 Å². The lowest BCUT2D eigenvalue weighted by atomic mass is 9.97. The molecule has 0 aliphatic heterocycles. The fourth-order valence-corrected chi connectivity index (χ4v) is 3.93. The fraction of sp³-hybridized carbons (Fsp3) is 0.0476. The van der Waals surface area contributed by atoms with E-state index in [-0.39, 0.29) is 10.7 Å². The van der Waals surface area contributed by atoms with Crippen molar-refractivity contribution in [1.82, 2.24) is 9.97 Å². The summed E-state index contributed by atoms with van der Waals surface area (Å²) >= 11 is 0. The van der Waals surface area contributed by atoms with E-state index >= 15 is 0 Å². The van der Waals surface area contributed by atoms with Crippen LogP contribution >= 0.6 is 0 Å². The summed E-state index contributed by atoms with van der Waals surface area (Å²) in [6.45, 7) is 1.98. The maximum absolute atomic E-state index is 12.9. The summed E-state index contributed by atoms with van der Waals surface area (Å²) in [5, 5.41) is 3.19. The highest BCUT2D eigenvalue weighted by atomic mass is 32.2. The van der Waals surface area contributed by atoms with Gasteiger partial charge in [-0.3, -0.25) is 4.72 Å². The number of aromatic nitrogens is 2. The molecule has 6 nitrogen and oxygen atoms in total. The van der Waals surface area contributed by atoms with Gasteiger partial charge in [0.25, 0.3) is 10.0 Å². The number of aryl methyl sites for hydroxylation is 1. The van der Waals surface area contributed by atoms with Gasteiger partial charge in [0.2, 0.25) is 0 Å². The van der Waals surface area contributed by atoms with Gasteiger partial charge in [-0.25, -0.2) is 18.4 Å². The molecule has 0 bridgehead atoms. The zero-order chi connectivity index (χ0) is 20.4. The second-order valence-corrected chi connectivity index (χ2v) is 8.50. The standard InChI is InChI=1S/C21H19BN4O2S/c1-14-5-4-6-16(13-14)23-20-21(25-19-8-3-2-7-18(19)24-20)26-29(27,28)17-11-9-15(22)10-12-17/h2-13H,22H2,1H3,(H,23,24)(H,25,26). The van der Waals surface area contributed by atoms with Crippen molar-refractivity contribution < 1.29 is 8.42 Å². The molecule has 0 spiro atoms. The molecule has 0 aliphatic rings. The molecule has 0 saturated carbocycles. The molecule has 29 heavy (non-hydrogen) atoms. The SMILES string of the molecule is Bc1ccc(S(=O)(=O)Nc2nc3ccccc3nc2Nc2cccc(C)c2)cc1. The molecule has 0 fully saturated rings.